The third-order valence-corrected chi connectivity index (χ3v) is 4.58. The molecule has 26 heavy (non-hydrogen) atoms. The largest absolute Gasteiger partial charge is 0.476 e. The lowest BCUT2D eigenvalue weighted by molar-refractivity contribution is 0.0689. The van der Waals surface area contributed by atoms with E-state index in [0.717, 1.165) is 28.2 Å². The molecule has 1 N–H and O–H groups in total. The molecule has 7 heteroatoms. The van der Waals surface area contributed by atoms with Gasteiger partial charge >= 0.3 is 5.97 Å². The molecular formula is C19H15ClN4O2. The molecule has 0 spiro atoms. The highest BCUT2D eigenvalue weighted by molar-refractivity contribution is 6.31. The molecule has 0 radical (unpaired) electrons. The summed E-state index contributed by atoms with van der Waals surface area (Å²) >= 11 is 6.41. The molecule has 0 aliphatic heterocycles. The molecule has 130 valence electrons. The number of aromatic carboxylic acids is 1. The van der Waals surface area contributed by atoms with Gasteiger partial charge in [-0.05, 0) is 31.2 Å². The summed E-state index contributed by atoms with van der Waals surface area (Å²) in [6.07, 6.45) is 0. The first-order valence-corrected chi connectivity index (χ1v) is 8.41. The van der Waals surface area contributed by atoms with Crippen LogP contribution in [0.5, 0.6) is 0 Å². The summed E-state index contributed by atoms with van der Waals surface area (Å²) in [5.74, 6) is -1.05. The average molecular weight is 367 g/mol. The Morgan fingerprint density at radius 2 is 1.88 bits per heavy atom. The van der Waals surface area contributed by atoms with Gasteiger partial charge in [0.15, 0.2) is 5.69 Å². The number of carboxylic acids is 1. The molecule has 3 heterocycles. The van der Waals surface area contributed by atoms with Gasteiger partial charge in [-0.3, -0.25) is 4.68 Å². The molecule has 6 nitrogen and oxygen atoms in total. The minimum Gasteiger partial charge on any atom is -0.476 e. The van der Waals surface area contributed by atoms with Crippen LogP contribution in [-0.4, -0.2) is 30.5 Å². The Kier molecular flexibility index (Phi) is 3.97. The number of hydrogen-bond acceptors (Lipinski definition) is 3. The maximum atomic E-state index is 11.1. The number of pyridine rings is 1. The maximum absolute atomic E-state index is 11.1. The summed E-state index contributed by atoms with van der Waals surface area (Å²) in [6, 6.07) is 17.1. The lowest BCUT2D eigenvalue weighted by atomic mass is 10.1. The van der Waals surface area contributed by atoms with E-state index in [-0.39, 0.29) is 5.69 Å². The lowest BCUT2D eigenvalue weighted by Gasteiger charge is -2.09. The Hall–Kier alpha value is -3.12. The Morgan fingerprint density at radius 1 is 1.12 bits per heavy atom. The smallest absolute Gasteiger partial charge is 0.356 e. The van der Waals surface area contributed by atoms with Crippen LogP contribution in [0.3, 0.4) is 0 Å². The van der Waals surface area contributed by atoms with Crippen molar-refractivity contribution in [1.29, 1.82) is 0 Å². The predicted octanol–water partition coefficient (Wildman–Crippen LogP) is 3.91. The molecule has 0 amide bonds. The van der Waals surface area contributed by atoms with E-state index < -0.39 is 5.97 Å². The number of carbonyl (C=O) groups is 1. The van der Waals surface area contributed by atoms with Crippen LogP contribution in [0.2, 0.25) is 5.02 Å². The third kappa shape index (κ3) is 2.84. The zero-order valence-corrected chi connectivity index (χ0v) is 14.7. The summed E-state index contributed by atoms with van der Waals surface area (Å²) < 4.78 is 3.40. The van der Waals surface area contributed by atoms with Crippen molar-refractivity contribution in [2.45, 2.75) is 13.5 Å². The molecule has 4 rings (SSSR count). The molecule has 4 aromatic rings. The van der Waals surface area contributed by atoms with Crippen molar-refractivity contribution in [3.63, 3.8) is 0 Å². The van der Waals surface area contributed by atoms with E-state index in [0.29, 0.717) is 11.6 Å². The topological polar surface area (TPSA) is 72.4 Å². The number of nitrogens with zero attached hydrogens (tertiary/aromatic N) is 4. The Bertz CT molecular complexity index is 1120. The molecule has 0 saturated carbocycles. The first kappa shape index (κ1) is 16.4. The predicted molar refractivity (Wildman–Crippen MR) is 98.7 cm³/mol. The molecule has 1 aromatic carbocycles. The van der Waals surface area contributed by atoms with Crippen LogP contribution in [0.4, 0.5) is 0 Å². The summed E-state index contributed by atoms with van der Waals surface area (Å²) in [6.45, 7) is 2.14. The van der Waals surface area contributed by atoms with Gasteiger partial charge < -0.3 is 5.11 Å². The second-order valence-electron chi connectivity index (χ2n) is 5.99. The van der Waals surface area contributed by atoms with E-state index >= 15 is 0 Å². The molecule has 0 saturated heterocycles. The molecular weight excluding hydrogens is 352 g/mol. The van der Waals surface area contributed by atoms with Gasteiger partial charge in [0, 0.05) is 11.3 Å². The van der Waals surface area contributed by atoms with Crippen molar-refractivity contribution in [1.82, 2.24) is 19.4 Å². The molecule has 0 aliphatic carbocycles. The normalized spacial score (nSPS) is 11.2. The lowest BCUT2D eigenvalue weighted by Crippen LogP contribution is -2.10. The second-order valence-corrected chi connectivity index (χ2v) is 6.40. The fourth-order valence-corrected chi connectivity index (χ4v) is 3.10. The Labute approximate surface area is 154 Å². The minimum absolute atomic E-state index is 0.0104. The minimum atomic E-state index is -1.05. The number of hydrogen-bond donors (Lipinski definition) is 1. The zero-order chi connectivity index (χ0) is 18.3. The van der Waals surface area contributed by atoms with Gasteiger partial charge in [-0.1, -0.05) is 41.9 Å². The summed E-state index contributed by atoms with van der Waals surface area (Å²) in [5, 5.41) is 18.5. The van der Waals surface area contributed by atoms with Crippen LogP contribution in [0, 0.1) is 6.92 Å². The number of benzene rings is 1. The highest BCUT2D eigenvalue weighted by atomic mass is 35.5. The quantitative estimate of drug-likeness (QED) is 0.594. The third-order valence-electron chi connectivity index (χ3n) is 4.24. The van der Waals surface area contributed by atoms with E-state index in [1.54, 1.807) is 9.20 Å². The molecule has 0 aliphatic rings. The molecule has 0 bridgehead atoms. The van der Waals surface area contributed by atoms with Crippen LogP contribution in [0.25, 0.3) is 16.8 Å². The number of halogens is 1. The van der Waals surface area contributed by atoms with E-state index in [1.807, 2.05) is 55.5 Å². The van der Waals surface area contributed by atoms with Crippen LogP contribution >= 0.6 is 11.6 Å². The van der Waals surface area contributed by atoms with Crippen molar-refractivity contribution in [3.05, 3.63) is 76.7 Å². The fourth-order valence-electron chi connectivity index (χ4n) is 2.90. The highest BCUT2D eigenvalue weighted by Gasteiger charge is 2.15. The number of carboxylic acid groups (broad SMARTS) is 1. The van der Waals surface area contributed by atoms with Crippen molar-refractivity contribution >= 4 is 23.1 Å². The molecule has 3 aromatic heterocycles. The van der Waals surface area contributed by atoms with E-state index in [9.17, 15) is 4.79 Å². The SMILES string of the molecule is Cc1cc(C(=O)O)nn1Cc1c(Cl)ccc2cc(-c3ccccc3)nn12. The second kappa shape index (κ2) is 6.31. The monoisotopic (exact) mass is 366 g/mol. The van der Waals surface area contributed by atoms with Crippen LogP contribution in [-0.2, 0) is 6.54 Å². The van der Waals surface area contributed by atoms with Gasteiger partial charge in [0.2, 0.25) is 0 Å². The van der Waals surface area contributed by atoms with Crippen LogP contribution < -0.4 is 0 Å². The van der Waals surface area contributed by atoms with Gasteiger partial charge in [0.05, 0.1) is 28.5 Å². The highest BCUT2D eigenvalue weighted by Crippen LogP contribution is 2.24. The van der Waals surface area contributed by atoms with E-state index in [4.69, 9.17) is 16.7 Å². The van der Waals surface area contributed by atoms with Crippen molar-refractivity contribution in [2.75, 3.05) is 0 Å². The number of aryl methyl sites for hydroxylation is 1. The Balaban J connectivity index is 1.81. The standard InChI is InChI=1S/C19H15ClN4O2/c1-12-9-17(19(25)26)21-23(12)11-18-15(20)8-7-14-10-16(22-24(14)18)13-5-3-2-4-6-13/h2-10H,11H2,1H3,(H,25,26). The summed E-state index contributed by atoms with van der Waals surface area (Å²) in [5.41, 5.74) is 4.27. The van der Waals surface area contributed by atoms with Gasteiger partial charge in [-0.25, -0.2) is 9.31 Å². The van der Waals surface area contributed by atoms with Gasteiger partial charge in [0.25, 0.3) is 0 Å². The number of rotatable bonds is 4. The van der Waals surface area contributed by atoms with E-state index in [2.05, 4.69) is 10.2 Å². The van der Waals surface area contributed by atoms with Crippen LogP contribution in [0.1, 0.15) is 21.9 Å². The van der Waals surface area contributed by atoms with Crippen molar-refractivity contribution in [3.8, 4) is 11.3 Å². The fraction of sp³-hybridized carbons (Fsp3) is 0.105. The van der Waals surface area contributed by atoms with Gasteiger partial charge in [-0.15, -0.1) is 0 Å². The Morgan fingerprint density at radius 3 is 2.58 bits per heavy atom. The molecule has 0 fully saturated rings. The maximum Gasteiger partial charge on any atom is 0.356 e. The van der Waals surface area contributed by atoms with E-state index in [1.165, 1.54) is 6.07 Å². The van der Waals surface area contributed by atoms with Crippen molar-refractivity contribution < 1.29 is 9.90 Å². The van der Waals surface area contributed by atoms with Gasteiger partial charge in [0.1, 0.15) is 0 Å². The first-order chi connectivity index (χ1) is 12.5. The molecule has 0 atom stereocenters. The van der Waals surface area contributed by atoms with Gasteiger partial charge in [-0.2, -0.15) is 10.2 Å². The van der Waals surface area contributed by atoms with Crippen molar-refractivity contribution in [2.24, 2.45) is 0 Å². The first-order valence-electron chi connectivity index (χ1n) is 8.03. The zero-order valence-electron chi connectivity index (χ0n) is 13.9. The molecule has 0 unspecified atom stereocenters. The number of fused-ring (bicyclic) bond motifs is 1. The number of aromatic nitrogens is 4. The average Bonchev–Trinajstić information content (AvgIpc) is 3.22. The van der Waals surface area contributed by atoms with Crippen LogP contribution in [0.15, 0.2) is 54.6 Å². The summed E-state index contributed by atoms with van der Waals surface area (Å²) in [4.78, 5) is 11.1. The summed E-state index contributed by atoms with van der Waals surface area (Å²) in [7, 11) is 0.